The van der Waals surface area contributed by atoms with Gasteiger partial charge in [-0.2, -0.15) is 5.10 Å². The summed E-state index contributed by atoms with van der Waals surface area (Å²) < 4.78 is 7.13. The van der Waals surface area contributed by atoms with Crippen LogP contribution in [0.2, 0.25) is 0 Å². The van der Waals surface area contributed by atoms with Gasteiger partial charge in [-0.3, -0.25) is 4.68 Å². The molecule has 1 aromatic heterocycles. The van der Waals surface area contributed by atoms with Gasteiger partial charge in [0.1, 0.15) is 0 Å². The summed E-state index contributed by atoms with van der Waals surface area (Å²) in [5, 5.41) is 5.69. The number of ether oxygens (including phenoxy) is 1. The molecule has 0 bridgehead atoms. The molecule has 1 fully saturated rings. The van der Waals surface area contributed by atoms with Crippen LogP contribution in [-0.4, -0.2) is 35.4 Å². The zero-order valence-electron chi connectivity index (χ0n) is 16.2. The Labute approximate surface area is 164 Å². The summed E-state index contributed by atoms with van der Waals surface area (Å²) in [6, 6.07) is 13.7. The third kappa shape index (κ3) is 3.81. The van der Waals surface area contributed by atoms with Gasteiger partial charge in [0.05, 0.1) is 23.9 Å². The Morgan fingerprint density at radius 3 is 2.64 bits per heavy atom. The van der Waals surface area contributed by atoms with Gasteiger partial charge in [0.15, 0.2) is 0 Å². The third-order valence-electron chi connectivity index (χ3n) is 5.46. The highest BCUT2D eigenvalue weighted by Crippen LogP contribution is 2.26. The van der Waals surface area contributed by atoms with Crippen LogP contribution in [0.4, 0.5) is 11.4 Å². The molecule has 4 rings (SSSR count). The van der Waals surface area contributed by atoms with Gasteiger partial charge >= 0.3 is 5.97 Å². The lowest BCUT2D eigenvalue weighted by molar-refractivity contribution is 0.0526. The smallest absolute Gasteiger partial charge is 0.338 e. The summed E-state index contributed by atoms with van der Waals surface area (Å²) in [5.41, 5.74) is 9.58. The largest absolute Gasteiger partial charge is 0.462 e. The van der Waals surface area contributed by atoms with Gasteiger partial charge in [-0.05, 0) is 68.1 Å². The molecule has 0 unspecified atom stereocenters. The Bertz CT molecular complexity index is 956. The quantitative estimate of drug-likeness (QED) is 0.541. The molecule has 1 aliphatic heterocycles. The van der Waals surface area contributed by atoms with Crippen LogP contribution in [0.3, 0.4) is 0 Å². The van der Waals surface area contributed by atoms with Crippen LogP contribution in [0.15, 0.2) is 48.7 Å². The summed E-state index contributed by atoms with van der Waals surface area (Å²) in [4.78, 5) is 14.2. The number of rotatable bonds is 5. The predicted octanol–water partition coefficient (Wildman–Crippen LogP) is 3.71. The van der Waals surface area contributed by atoms with Crippen molar-refractivity contribution < 1.29 is 9.53 Å². The van der Waals surface area contributed by atoms with E-state index in [1.807, 2.05) is 55.6 Å². The van der Waals surface area contributed by atoms with Crippen molar-refractivity contribution in [2.75, 3.05) is 30.3 Å². The van der Waals surface area contributed by atoms with Gasteiger partial charge in [0.25, 0.3) is 0 Å². The minimum absolute atomic E-state index is 0.264. The number of carbonyl (C=O) groups excluding carboxylic acids is 1. The first-order valence-corrected chi connectivity index (χ1v) is 9.87. The van der Waals surface area contributed by atoms with E-state index >= 15 is 0 Å². The highest BCUT2D eigenvalue weighted by Gasteiger charge is 2.21. The summed E-state index contributed by atoms with van der Waals surface area (Å²) in [6.45, 7) is 5.14. The first-order valence-electron chi connectivity index (χ1n) is 9.87. The average Bonchev–Trinajstić information content (AvgIpc) is 3.11. The van der Waals surface area contributed by atoms with E-state index in [0.717, 1.165) is 54.8 Å². The van der Waals surface area contributed by atoms with Crippen molar-refractivity contribution in [3.8, 4) is 0 Å². The lowest BCUT2D eigenvalue weighted by Gasteiger charge is -2.33. The number of fused-ring (bicyclic) bond motifs is 1. The molecule has 1 aliphatic rings. The molecule has 28 heavy (non-hydrogen) atoms. The van der Waals surface area contributed by atoms with E-state index in [2.05, 4.69) is 14.7 Å². The molecular formula is C22H26N4O2. The first kappa shape index (κ1) is 18.3. The van der Waals surface area contributed by atoms with Crippen molar-refractivity contribution in [2.45, 2.75) is 26.3 Å². The standard InChI is InChI=1S/C22H26N4O2/c1-2-28-22(27)17-4-7-20(8-5-17)25-11-9-16(10-12-25)15-26-21-13-19(23)6-3-18(21)14-24-26/h3-8,13-14,16H,2,9-12,15,23H2,1H3. The Morgan fingerprint density at radius 2 is 1.93 bits per heavy atom. The molecule has 2 N–H and O–H groups in total. The van der Waals surface area contributed by atoms with E-state index in [9.17, 15) is 4.79 Å². The molecule has 2 heterocycles. The lowest BCUT2D eigenvalue weighted by Crippen LogP contribution is -2.35. The minimum Gasteiger partial charge on any atom is -0.462 e. The molecule has 2 aromatic carbocycles. The molecule has 6 heteroatoms. The number of benzene rings is 2. The SMILES string of the molecule is CCOC(=O)c1ccc(N2CCC(Cn3ncc4ccc(N)cc43)CC2)cc1. The van der Waals surface area contributed by atoms with Crippen LogP contribution < -0.4 is 10.6 Å². The number of aromatic nitrogens is 2. The average molecular weight is 378 g/mol. The predicted molar refractivity (Wildman–Crippen MR) is 111 cm³/mol. The summed E-state index contributed by atoms with van der Waals surface area (Å²) in [5.74, 6) is 0.333. The summed E-state index contributed by atoms with van der Waals surface area (Å²) in [6.07, 6.45) is 4.14. The number of hydrogen-bond acceptors (Lipinski definition) is 5. The van der Waals surface area contributed by atoms with E-state index in [-0.39, 0.29) is 5.97 Å². The number of anilines is 2. The molecule has 146 valence electrons. The molecule has 0 amide bonds. The summed E-state index contributed by atoms with van der Waals surface area (Å²) in [7, 11) is 0. The van der Waals surface area contributed by atoms with Crippen molar-refractivity contribution in [2.24, 2.45) is 5.92 Å². The fraction of sp³-hybridized carbons (Fsp3) is 0.364. The van der Waals surface area contributed by atoms with E-state index in [1.165, 1.54) is 0 Å². The van der Waals surface area contributed by atoms with Crippen molar-refractivity contribution in [1.82, 2.24) is 9.78 Å². The highest BCUT2D eigenvalue weighted by atomic mass is 16.5. The van der Waals surface area contributed by atoms with Crippen LogP contribution >= 0.6 is 0 Å². The van der Waals surface area contributed by atoms with Crippen molar-refractivity contribution >= 4 is 28.2 Å². The van der Waals surface area contributed by atoms with Crippen LogP contribution in [-0.2, 0) is 11.3 Å². The van der Waals surface area contributed by atoms with Crippen LogP contribution in [0.1, 0.15) is 30.1 Å². The maximum absolute atomic E-state index is 11.8. The third-order valence-corrected chi connectivity index (χ3v) is 5.46. The molecule has 3 aromatic rings. The Morgan fingerprint density at radius 1 is 1.18 bits per heavy atom. The van der Waals surface area contributed by atoms with Gasteiger partial charge in [0, 0.05) is 36.4 Å². The van der Waals surface area contributed by atoms with E-state index in [4.69, 9.17) is 10.5 Å². The van der Waals surface area contributed by atoms with Crippen LogP contribution in [0.5, 0.6) is 0 Å². The topological polar surface area (TPSA) is 73.4 Å². The second kappa shape index (κ2) is 7.92. The molecular weight excluding hydrogens is 352 g/mol. The van der Waals surface area contributed by atoms with E-state index < -0.39 is 0 Å². The number of nitrogens with two attached hydrogens (primary N) is 1. The minimum atomic E-state index is -0.264. The highest BCUT2D eigenvalue weighted by molar-refractivity contribution is 5.89. The Kier molecular flexibility index (Phi) is 5.19. The summed E-state index contributed by atoms with van der Waals surface area (Å²) >= 11 is 0. The molecule has 0 radical (unpaired) electrons. The van der Waals surface area contributed by atoms with Crippen molar-refractivity contribution in [3.63, 3.8) is 0 Å². The monoisotopic (exact) mass is 378 g/mol. The molecule has 0 saturated carbocycles. The van der Waals surface area contributed by atoms with Gasteiger partial charge in [-0.1, -0.05) is 0 Å². The number of nitrogens with zero attached hydrogens (tertiary/aromatic N) is 3. The maximum atomic E-state index is 11.8. The van der Waals surface area contributed by atoms with Gasteiger partial charge < -0.3 is 15.4 Å². The Hall–Kier alpha value is -3.02. The fourth-order valence-corrected chi connectivity index (χ4v) is 3.87. The second-order valence-corrected chi connectivity index (χ2v) is 7.34. The molecule has 6 nitrogen and oxygen atoms in total. The number of hydrogen-bond donors (Lipinski definition) is 1. The molecule has 0 atom stereocenters. The maximum Gasteiger partial charge on any atom is 0.338 e. The molecule has 0 spiro atoms. The van der Waals surface area contributed by atoms with Crippen molar-refractivity contribution in [1.29, 1.82) is 0 Å². The fourth-order valence-electron chi connectivity index (χ4n) is 3.87. The number of nitrogen functional groups attached to an aromatic ring is 1. The van der Waals surface area contributed by atoms with E-state index in [0.29, 0.717) is 18.1 Å². The number of carbonyl (C=O) groups is 1. The van der Waals surface area contributed by atoms with Crippen LogP contribution in [0, 0.1) is 5.92 Å². The normalized spacial score (nSPS) is 15.1. The van der Waals surface area contributed by atoms with E-state index in [1.54, 1.807) is 0 Å². The van der Waals surface area contributed by atoms with Gasteiger partial charge in [-0.25, -0.2) is 4.79 Å². The number of esters is 1. The van der Waals surface area contributed by atoms with Gasteiger partial charge in [-0.15, -0.1) is 0 Å². The number of piperidine rings is 1. The zero-order chi connectivity index (χ0) is 19.5. The first-order chi connectivity index (χ1) is 13.6. The molecule has 0 aliphatic carbocycles. The Balaban J connectivity index is 1.36. The lowest BCUT2D eigenvalue weighted by atomic mass is 9.96. The van der Waals surface area contributed by atoms with Crippen molar-refractivity contribution in [3.05, 3.63) is 54.2 Å². The second-order valence-electron chi connectivity index (χ2n) is 7.34. The van der Waals surface area contributed by atoms with Gasteiger partial charge in [0.2, 0.25) is 0 Å². The molecule has 1 saturated heterocycles. The zero-order valence-corrected chi connectivity index (χ0v) is 16.2. The van der Waals surface area contributed by atoms with Crippen LogP contribution in [0.25, 0.3) is 10.9 Å².